The van der Waals surface area contributed by atoms with Crippen molar-refractivity contribution in [2.45, 2.75) is 58.3 Å². The molecule has 11 nitrogen and oxygen atoms in total. The van der Waals surface area contributed by atoms with Crippen LogP contribution in [0.25, 0.3) is 10.9 Å². The Balaban J connectivity index is 0.000000724. The van der Waals surface area contributed by atoms with Gasteiger partial charge in [0.05, 0.1) is 17.8 Å². The van der Waals surface area contributed by atoms with Gasteiger partial charge in [0, 0.05) is 30.1 Å². The number of pyridine rings is 1. The number of halogens is 1. The van der Waals surface area contributed by atoms with E-state index in [1.807, 2.05) is 6.92 Å². The van der Waals surface area contributed by atoms with Crippen LogP contribution in [0.1, 0.15) is 46.5 Å². The van der Waals surface area contributed by atoms with Crippen molar-refractivity contribution in [1.29, 1.82) is 0 Å². The maximum atomic E-state index is 13.7. The van der Waals surface area contributed by atoms with Crippen LogP contribution in [-0.4, -0.2) is 88.2 Å². The summed E-state index contributed by atoms with van der Waals surface area (Å²) in [6.45, 7) is 9.39. The number of ether oxygens (including phenoxy) is 1. The number of carboxylic acids is 1. The van der Waals surface area contributed by atoms with Crippen molar-refractivity contribution in [2.24, 2.45) is 0 Å². The van der Waals surface area contributed by atoms with Crippen LogP contribution in [0.15, 0.2) is 30.5 Å². The smallest absolute Gasteiger partial charge is 0.414 e. The lowest BCUT2D eigenvalue weighted by atomic mass is 10.1. The summed E-state index contributed by atoms with van der Waals surface area (Å²) in [6.07, 6.45) is 4.50. The SMILES string of the molecule is CCN(CC)CCCC(C)N(C(=O)OCCCC=O)c1ccnc2cc(F)ccc12.CNC(C(=O)O)P(O)O. The number of benzene rings is 1. The number of aldehydes is 1. The molecule has 39 heavy (non-hydrogen) atoms. The van der Waals surface area contributed by atoms with Gasteiger partial charge in [0.2, 0.25) is 0 Å². The fourth-order valence-corrected chi connectivity index (χ4v) is 4.27. The monoisotopic (exact) mass is 570 g/mol. The Labute approximate surface area is 229 Å². The molecule has 0 aliphatic carbocycles. The molecule has 0 fully saturated rings. The molecule has 0 aliphatic rings. The number of aromatic nitrogens is 1. The fraction of sp³-hybridized carbons (Fsp3) is 0.538. The number of carbonyl (C=O) groups is 3. The molecule has 2 atom stereocenters. The second-order valence-electron chi connectivity index (χ2n) is 8.65. The Morgan fingerprint density at radius 3 is 2.44 bits per heavy atom. The highest BCUT2D eigenvalue weighted by molar-refractivity contribution is 7.47. The van der Waals surface area contributed by atoms with Crippen LogP contribution < -0.4 is 10.2 Å². The van der Waals surface area contributed by atoms with Crippen molar-refractivity contribution >= 4 is 43.3 Å². The average Bonchev–Trinajstić information content (AvgIpc) is 2.89. The summed E-state index contributed by atoms with van der Waals surface area (Å²) in [5, 5.41) is 11.1. The van der Waals surface area contributed by atoms with E-state index < -0.39 is 26.2 Å². The molecule has 4 N–H and O–H groups in total. The number of fused-ring (bicyclic) bond motifs is 1. The van der Waals surface area contributed by atoms with Gasteiger partial charge >= 0.3 is 12.1 Å². The molecule has 0 spiro atoms. The average molecular weight is 571 g/mol. The van der Waals surface area contributed by atoms with E-state index in [0.717, 1.165) is 38.8 Å². The molecule has 2 aromatic rings. The minimum atomic E-state index is -2.41. The number of carboxylic acid groups (broad SMARTS) is 1. The van der Waals surface area contributed by atoms with Gasteiger partial charge in [0.15, 0.2) is 14.2 Å². The molecule has 1 heterocycles. The van der Waals surface area contributed by atoms with E-state index in [9.17, 15) is 18.8 Å². The van der Waals surface area contributed by atoms with Crippen LogP contribution in [0.3, 0.4) is 0 Å². The summed E-state index contributed by atoms with van der Waals surface area (Å²) >= 11 is 0. The summed E-state index contributed by atoms with van der Waals surface area (Å²) in [7, 11) is -1.07. The number of rotatable bonds is 15. The van der Waals surface area contributed by atoms with Crippen LogP contribution in [0.4, 0.5) is 14.9 Å². The number of hydrogen-bond donors (Lipinski definition) is 4. The molecular weight excluding hydrogens is 530 g/mol. The third-order valence-corrected chi connectivity index (χ3v) is 6.94. The maximum absolute atomic E-state index is 13.7. The Kier molecular flexibility index (Phi) is 16.3. The molecule has 2 unspecified atom stereocenters. The highest BCUT2D eigenvalue weighted by atomic mass is 31.2. The predicted octanol–water partition coefficient (Wildman–Crippen LogP) is 3.72. The van der Waals surface area contributed by atoms with Crippen LogP contribution in [0.2, 0.25) is 0 Å². The first-order valence-corrected chi connectivity index (χ1v) is 14.2. The van der Waals surface area contributed by atoms with E-state index in [0.29, 0.717) is 29.4 Å². The van der Waals surface area contributed by atoms with E-state index in [4.69, 9.17) is 19.6 Å². The van der Waals surface area contributed by atoms with Crippen molar-refractivity contribution in [3.05, 3.63) is 36.3 Å². The van der Waals surface area contributed by atoms with Gasteiger partial charge in [-0.3, -0.25) is 9.88 Å². The normalized spacial score (nSPS) is 12.5. The number of amides is 1. The van der Waals surface area contributed by atoms with Crippen LogP contribution >= 0.6 is 8.38 Å². The Hall–Kier alpha value is -2.76. The molecular formula is C26H40FN4O7P. The summed E-state index contributed by atoms with van der Waals surface area (Å²) in [4.78, 5) is 58.4. The lowest BCUT2D eigenvalue weighted by Crippen LogP contribution is -2.40. The van der Waals surface area contributed by atoms with E-state index >= 15 is 0 Å². The molecule has 0 radical (unpaired) electrons. The highest BCUT2D eigenvalue weighted by Crippen LogP contribution is 2.30. The van der Waals surface area contributed by atoms with Crippen molar-refractivity contribution in [2.75, 3.05) is 38.2 Å². The van der Waals surface area contributed by atoms with Crippen LogP contribution in [0.5, 0.6) is 0 Å². The van der Waals surface area contributed by atoms with Gasteiger partial charge in [-0.2, -0.15) is 0 Å². The quantitative estimate of drug-likeness (QED) is 0.142. The first-order valence-electron chi connectivity index (χ1n) is 12.8. The number of hydrogen-bond acceptors (Lipinski definition) is 9. The molecule has 13 heteroatoms. The molecule has 0 bridgehead atoms. The Bertz CT molecular complexity index is 1040. The van der Waals surface area contributed by atoms with Gasteiger partial charge in [0.1, 0.15) is 12.1 Å². The number of nitrogens with zero attached hydrogens (tertiary/aromatic N) is 3. The van der Waals surface area contributed by atoms with Crippen molar-refractivity contribution in [3.8, 4) is 0 Å². The van der Waals surface area contributed by atoms with E-state index in [1.165, 1.54) is 19.2 Å². The predicted molar refractivity (Wildman–Crippen MR) is 149 cm³/mol. The molecule has 1 aromatic carbocycles. The zero-order valence-electron chi connectivity index (χ0n) is 22.9. The zero-order valence-corrected chi connectivity index (χ0v) is 23.8. The molecule has 0 saturated heterocycles. The number of aliphatic carboxylic acids is 1. The van der Waals surface area contributed by atoms with Crippen molar-refractivity contribution in [1.82, 2.24) is 15.2 Å². The van der Waals surface area contributed by atoms with Gasteiger partial charge in [-0.05, 0) is 71.1 Å². The van der Waals surface area contributed by atoms with Gasteiger partial charge in [-0.25, -0.2) is 14.0 Å². The van der Waals surface area contributed by atoms with Gasteiger partial charge in [0.25, 0.3) is 0 Å². The van der Waals surface area contributed by atoms with Crippen molar-refractivity contribution < 1.29 is 38.4 Å². The zero-order chi connectivity index (χ0) is 29.4. The van der Waals surface area contributed by atoms with E-state index in [1.54, 1.807) is 23.2 Å². The largest absolute Gasteiger partial charge is 0.480 e. The lowest BCUT2D eigenvalue weighted by Gasteiger charge is -2.30. The second-order valence-corrected chi connectivity index (χ2v) is 9.81. The second kappa shape index (κ2) is 18.5. The number of carbonyl (C=O) groups excluding carboxylic acids is 2. The van der Waals surface area contributed by atoms with E-state index in [-0.39, 0.29) is 18.5 Å². The highest BCUT2D eigenvalue weighted by Gasteiger charge is 2.25. The summed E-state index contributed by atoms with van der Waals surface area (Å²) < 4.78 is 19.1. The Morgan fingerprint density at radius 2 is 1.90 bits per heavy atom. The molecule has 2 rings (SSSR count). The topological polar surface area (TPSA) is 153 Å². The number of anilines is 1. The first-order chi connectivity index (χ1) is 18.6. The van der Waals surface area contributed by atoms with Gasteiger partial charge in [-0.15, -0.1) is 0 Å². The fourth-order valence-electron chi connectivity index (χ4n) is 3.84. The minimum Gasteiger partial charge on any atom is -0.480 e. The Morgan fingerprint density at radius 1 is 1.21 bits per heavy atom. The molecule has 0 saturated carbocycles. The molecule has 1 aromatic heterocycles. The van der Waals surface area contributed by atoms with Gasteiger partial charge < -0.3 is 34.6 Å². The van der Waals surface area contributed by atoms with Crippen molar-refractivity contribution in [3.63, 3.8) is 0 Å². The van der Waals surface area contributed by atoms with Crippen LogP contribution in [0, 0.1) is 5.82 Å². The minimum absolute atomic E-state index is 0.116. The van der Waals surface area contributed by atoms with E-state index in [2.05, 4.69) is 29.0 Å². The first kappa shape index (κ1) is 34.3. The van der Waals surface area contributed by atoms with Gasteiger partial charge in [-0.1, -0.05) is 13.8 Å². The summed E-state index contributed by atoms with van der Waals surface area (Å²) in [5.74, 6) is -2.86. The summed E-state index contributed by atoms with van der Waals surface area (Å²) in [5.41, 5.74) is 1.14. The third kappa shape index (κ3) is 11.5. The number of unbranched alkanes of at least 4 members (excludes halogenated alkanes) is 1. The maximum Gasteiger partial charge on any atom is 0.414 e. The molecule has 218 valence electrons. The molecule has 1 amide bonds. The number of likely N-dealkylation sites (N-methyl/N-ethyl adjacent to an activating group) is 1. The standard InChI is InChI=1S/C23H32FN3O3.C3H8NO4P/c1-4-26(5-2)14-8-9-18(3)27(23(29)30-16-7-6-15-28)22-12-13-25-21-17-19(24)10-11-20(21)22;1-4-2(3(5)6)9(7)8/h10-13,15,17-18H,4-9,14,16H2,1-3H3;2,4,7-8H,1H3,(H,5,6). The molecule has 0 aliphatic heterocycles. The van der Waals surface area contributed by atoms with Crippen LogP contribution in [-0.2, 0) is 14.3 Å². The summed E-state index contributed by atoms with van der Waals surface area (Å²) in [6, 6.07) is 6.01. The number of nitrogens with one attached hydrogen (secondary N) is 1. The third-order valence-electron chi connectivity index (χ3n) is 6.00. The lowest BCUT2D eigenvalue weighted by molar-refractivity contribution is -0.137.